The average Bonchev–Trinajstić information content (AvgIpc) is 2.36. The number of nitrogens with zero attached hydrogens (tertiary/aromatic N) is 1. The molecule has 0 radical (unpaired) electrons. The van der Waals surface area contributed by atoms with E-state index < -0.39 is 0 Å². The third kappa shape index (κ3) is 2.93. The van der Waals surface area contributed by atoms with Gasteiger partial charge in [-0.3, -0.25) is 0 Å². The maximum atomic E-state index is 13.3. The van der Waals surface area contributed by atoms with Gasteiger partial charge in [-0.25, -0.2) is 15.2 Å². The molecule has 0 heterocycles. The number of para-hydroxylation sites is 1. The Morgan fingerprint density at radius 2 is 1.89 bits per heavy atom. The van der Waals surface area contributed by atoms with Crippen molar-refractivity contribution in [2.45, 2.75) is 6.92 Å². The number of rotatable bonds is 2. The van der Waals surface area contributed by atoms with E-state index >= 15 is 0 Å². The van der Waals surface area contributed by atoms with Gasteiger partial charge in [0, 0.05) is 5.56 Å². The minimum atomic E-state index is -0.305. The van der Waals surface area contributed by atoms with Crippen LogP contribution in [-0.2, 0) is 0 Å². The SMILES string of the molecule is Cc1cc(F)cc(C(=Nc2ccccc2)NN)c1. The fourth-order valence-corrected chi connectivity index (χ4v) is 1.68. The van der Waals surface area contributed by atoms with Crippen LogP contribution in [0.1, 0.15) is 11.1 Å². The number of hydrogen-bond acceptors (Lipinski definition) is 2. The van der Waals surface area contributed by atoms with Crippen molar-refractivity contribution in [2.24, 2.45) is 10.8 Å². The normalized spacial score (nSPS) is 11.4. The molecule has 0 unspecified atom stereocenters. The monoisotopic (exact) mass is 243 g/mol. The van der Waals surface area contributed by atoms with Crippen molar-refractivity contribution in [2.75, 3.05) is 0 Å². The molecule has 0 aromatic heterocycles. The lowest BCUT2D eigenvalue weighted by atomic mass is 10.1. The van der Waals surface area contributed by atoms with Gasteiger partial charge in [0.2, 0.25) is 0 Å². The minimum Gasteiger partial charge on any atom is -0.308 e. The number of nitrogens with one attached hydrogen (secondary N) is 1. The van der Waals surface area contributed by atoms with Crippen LogP contribution >= 0.6 is 0 Å². The van der Waals surface area contributed by atoms with Crippen LogP contribution in [-0.4, -0.2) is 5.84 Å². The standard InChI is InChI=1S/C14H14FN3/c1-10-7-11(9-12(15)8-10)14(18-16)17-13-5-3-2-4-6-13/h2-9H,16H2,1H3,(H,17,18). The summed E-state index contributed by atoms with van der Waals surface area (Å²) in [5.41, 5.74) is 4.71. The third-order valence-corrected chi connectivity index (χ3v) is 2.45. The van der Waals surface area contributed by atoms with E-state index in [0.717, 1.165) is 11.3 Å². The highest BCUT2D eigenvalue weighted by molar-refractivity contribution is 6.00. The van der Waals surface area contributed by atoms with Crippen LogP contribution in [0.3, 0.4) is 0 Å². The summed E-state index contributed by atoms with van der Waals surface area (Å²) in [6, 6.07) is 14.0. The molecule has 0 fully saturated rings. The molecule has 2 rings (SSSR count). The Hall–Kier alpha value is -2.20. The molecule has 0 atom stereocenters. The van der Waals surface area contributed by atoms with Gasteiger partial charge in [-0.1, -0.05) is 18.2 Å². The second-order valence-corrected chi connectivity index (χ2v) is 3.96. The molecule has 2 aromatic rings. The van der Waals surface area contributed by atoms with Gasteiger partial charge in [0.15, 0.2) is 0 Å². The molecule has 92 valence electrons. The number of amidine groups is 1. The Bertz CT molecular complexity index is 544. The molecular formula is C14H14FN3. The molecule has 0 aliphatic carbocycles. The van der Waals surface area contributed by atoms with Crippen LogP contribution < -0.4 is 11.3 Å². The van der Waals surface area contributed by atoms with Crippen molar-refractivity contribution in [3.8, 4) is 0 Å². The second kappa shape index (κ2) is 5.42. The molecule has 3 nitrogen and oxygen atoms in total. The number of aliphatic imine (C=N–C) groups is 1. The lowest BCUT2D eigenvalue weighted by Crippen LogP contribution is -2.31. The van der Waals surface area contributed by atoms with E-state index in [9.17, 15) is 4.39 Å². The number of benzene rings is 2. The Balaban J connectivity index is 2.42. The van der Waals surface area contributed by atoms with Crippen molar-refractivity contribution in [3.63, 3.8) is 0 Å². The molecule has 0 saturated heterocycles. The number of aryl methyl sites for hydroxylation is 1. The Morgan fingerprint density at radius 3 is 2.50 bits per heavy atom. The van der Waals surface area contributed by atoms with Gasteiger partial charge in [0.1, 0.15) is 11.7 Å². The first kappa shape index (κ1) is 12.3. The summed E-state index contributed by atoms with van der Waals surface area (Å²) in [5, 5.41) is 0. The molecular weight excluding hydrogens is 229 g/mol. The molecule has 0 aliphatic rings. The fourth-order valence-electron chi connectivity index (χ4n) is 1.68. The van der Waals surface area contributed by atoms with Crippen LogP contribution in [0.15, 0.2) is 53.5 Å². The van der Waals surface area contributed by atoms with E-state index in [4.69, 9.17) is 5.84 Å². The average molecular weight is 243 g/mol. The molecule has 2 aromatic carbocycles. The summed E-state index contributed by atoms with van der Waals surface area (Å²) in [6.45, 7) is 1.82. The number of hydrazine groups is 1. The van der Waals surface area contributed by atoms with E-state index in [1.165, 1.54) is 12.1 Å². The third-order valence-electron chi connectivity index (χ3n) is 2.45. The second-order valence-electron chi connectivity index (χ2n) is 3.96. The maximum absolute atomic E-state index is 13.3. The zero-order valence-electron chi connectivity index (χ0n) is 10.0. The highest BCUT2D eigenvalue weighted by Gasteiger charge is 2.05. The number of nitrogens with two attached hydrogens (primary N) is 1. The van der Waals surface area contributed by atoms with Gasteiger partial charge in [-0.15, -0.1) is 0 Å². The van der Waals surface area contributed by atoms with Crippen molar-refractivity contribution in [1.82, 2.24) is 5.43 Å². The van der Waals surface area contributed by atoms with Crippen molar-refractivity contribution in [1.29, 1.82) is 0 Å². The van der Waals surface area contributed by atoms with Crippen molar-refractivity contribution < 1.29 is 4.39 Å². The van der Waals surface area contributed by atoms with Gasteiger partial charge in [0.25, 0.3) is 0 Å². The zero-order valence-corrected chi connectivity index (χ0v) is 10.0. The lowest BCUT2D eigenvalue weighted by molar-refractivity contribution is 0.626. The van der Waals surface area contributed by atoms with Crippen LogP contribution in [0, 0.1) is 12.7 Å². The fraction of sp³-hybridized carbons (Fsp3) is 0.0714. The van der Waals surface area contributed by atoms with E-state index in [-0.39, 0.29) is 5.82 Å². The molecule has 0 spiro atoms. The van der Waals surface area contributed by atoms with Crippen molar-refractivity contribution >= 4 is 11.5 Å². The van der Waals surface area contributed by atoms with Crippen molar-refractivity contribution in [3.05, 3.63) is 65.5 Å². The molecule has 3 N–H and O–H groups in total. The Morgan fingerprint density at radius 1 is 1.17 bits per heavy atom. The van der Waals surface area contributed by atoms with Crippen LogP contribution in [0.5, 0.6) is 0 Å². The quantitative estimate of drug-likeness (QED) is 0.369. The van der Waals surface area contributed by atoms with Gasteiger partial charge < -0.3 is 5.43 Å². The van der Waals surface area contributed by atoms with Crippen LogP contribution in [0.4, 0.5) is 10.1 Å². The molecule has 4 heteroatoms. The van der Waals surface area contributed by atoms with Gasteiger partial charge >= 0.3 is 0 Å². The largest absolute Gasteiger partial charge is 0.308 e. The molecule has 0 aliphatic heterocycles. The van der Waals surface area contributed by atoms with Crippen LogP contribution in [0.25, 0.3) is 0 Å². The predicted octanol–water partition coefficient (Wildman–Crippen LogP) is 2.68. The smallest absolute Gasteiger partial charge is 0.148 e. The summed E-state index contributed by atoms with van der Waals surface area (Å²) in [6.07, 6.45) is 0. The van der Waals surface area contributed by atoms with Gasteiger partial charge in [-0.05, 0) is 42.8 Å². The highest BCUT2D eigenvalue weighted by Crippen LogP contribution is 2.14. The zero-order chi connectivity index (χ0) is 13.0. The first-order valence-corrected chi connectivity index (χ1v) is 5.57. The Kier molecular flexibility index (Phi) is 3.69. The molecule has 0 bridgehead atoms. The van der Waals surface area contributed by atoms with E-state index in [1.54, 1.807) is 0 Å². The number of halogens is 1. The molecule has 0 saturated carbocycles. The molecule has 18 heavy (non-hydrogen) atoms. The van der Waals surface area contributed by atoms with Crippen LogP contribution in [0.2, 0.25) is 0 Å². The lowest BCUT2D eigenvalue weighted by Gasteiger charge is -2.07. The van der Waals surface area contributed by atoms with E-state index in [1.807, 2.05) is 43.3 Å². The summed E-state index contributed by atoms with van der Waals surface area (Å²) < 4.78 is 13.3. The number of hydrogen-bond donors (Lipinski definition) is 2. The summed E-state index contributed by atoms with van der Waals surface area (Å²) >= 11 is 0. The van der Waals surface area contributed by atoms with Gasteiger partial charge in [0.05, 0.1) is 5.69 Å². The first-order valence-electron chi connectivity index (χ1n) is 5.57. The van der Waals surface area contributed by atoms with Gasteiger partial charge in [-0.2, -0.15) is 0 Å². The summed E-state index contributed by atoms with van der Waals surface area (Å²) in [5.74, 6) is 5.58. The Labute approximate surface area is 105 Å². The van der Waals surface area contributed by atoms with E-state index in [2.05, 4.69) is 10.4 Å². The highest BCUT2D eigenvalue weighted by atomic mass is 19.1. The topological polar surface area (TPSA) is 50.4 Å². The first-order chi connectivity index (χ1) is 8.69. The van der Waals surface area contributed by atoms with E-state index in [0.29, 0.717) is 11.4 Å². The molecule has 0 amide bonds. The predicted molar refractivity (Wildman–Crippen MR) is 71.1 cm³/mol. The maximum Gasteiger partial charge on any atom is 0.148 e. The summed E-state index contributed by atoms with van der Waals surface area (Å²) in [7, 11) is 0. The summed E-state index contributed by atoms with van der Waals surface area (Å²) in [4.78, 5) is 4.34. The minimum absolute atomic E-state index is 0.305.